The summed E-state index contributed by atoms with van der Waals surface area (Å²) in [6.45, 7) is 2.93. The van der Waals surface area contributed by atoms with Crippen LogP contribution in [-0.4, -0.2) is 38.4 Å². The van der Waals surface area contributed by atoms with Crippen molar-refractivity contribution in [2.75, 3.05) is 32.0 Å². The van der Waals surface area contributed by atoms with Crippen molar-refractivity contribution in [3.05, 3.63) is 18.3 Å². The summed E-state index contributed by atoms with van der Waals surface area (Å²) in [7, 11) is -0.368. The number of rotatable bonds is 1. The van der Waals surface area contributed by atoms with Crippen LogP contribution in [0.2, 0.25) is 0 Å². The molecular weight excluding hydrogens is 193 g/mol. The number of nitrogens with zero attached hydrogens (tertiary/aromatic N) is 1. The van der Waals surface area contributed by atoms with Crippen LogP contribution in [0.15, 0.2) is 18.3 Å². The van der Waals surface area contributed by atoms with Gasteiger partial charge < -0.3 is 20.4 Å². The number of hydrogen-bond acceptors (Lipinski definition) is 5. The van der Waals surface area contributed by atoms with Crippen LogP contribution >= 0.6 is 0 Å². The summed E-state index contributed by atoms with van der Waals surface area (Å²) in [5.74, 6) is 0. The summed E-state index contributed by atoms with van der Waals surface area (Å²) in [5.41, 5.74) is 6.97. The van der Waals surface area contributed by atoms with Gasteiger partial charge in [-0.25, -0.2) is 0 Å². The molecule has 0 bridgehead atoms. The smallest absolute Gasteiger partial charge is 0.405 e. The second-order valence-corrected chi connectivity index (χ2v) is 3.34. The summed E-state index contributed by atoms with van der Waals surface area (Å²) in [6, 6.07) is 3.63. The van der Waals surface area contributed by atoms with E-state index in [1.165, 1.54) is 0 Å². The quantitative estimate of drug-likeness (QED) is 0.578. The van der Waals surface area contributed by atoms with Crippen LogP contribution in [0.1, 0.15) is 0 Å². The van der Waals surface area contributed by atoms with E-state index >= 15 is 0 Å². The Morgan fingerprint density at radius 2 is 2.00 bits per heavy atom. The topological polar surface area (TPSA) is 69.4 Å². The highest BCUT2D eigenvalue weighted by Crippen LogP contribution is 1.97. The van der Waals surface area contributed by atoms with Gasteiger partial charge in [0.15, 0.2) is 0 Å². The Morgan fingerprint density at radius 3 is 2.60 bits per heavy atom. The predicted molar refractivity (Wildman–Crippen MR) is 58.8 cm³/mol. The van der Waals surface area contributed by atoms with Crippen molar-refractivity contribution in [2.24, 2.45) is 0 Å². The molecule has 0 saturated carbocycles. The zero-order chi connectivity index (χ0) is 10.5. The minimum absolute atomic E-state index is 0.368. The number of nitrogens with two attached hydrogens (primary N) is 1. The summed E-state index contributed by atoms with van der Waals surface area (Å²) in [6.07, 6.45) is 1.61. The molecule has 80 valence electrons. The van der Waals surface area contributed by atoms with E-state index < -0.39 is 0 Å². The molecule has 0 radical (unpaired) electrons. The molecule has 0 unspecified atom stereocenters. The van der Waals surface area contributed by atoms with Crippen molar-refractivity contribution in [1.29, 1.82) is 0 Å². The van der Waals surface area contributed by atoms with Gasteiger partial charge in [0.05, 0.1) is 5.59 Å². The average molecular weight is 207 g/mol. The van der Waals surface area contributed by atoms with Gasteiger partial charge >= 0.3 is 7.12 Å². The summed E-state index contributed by atoms with van der Waals surface area (Å²) in [5, 5.41) is 3.18. The Kier molecular flexibility index (Phi) is 3.55. The Bertz CT molecular complexity index is 299. The Labute approximate surface area is 89.1 Å². The van der Waals surface area contributed by atoms with Gasteiger partial charge in [0.1, 0.15) is 0 Å². The standard InChI is InChI=1S/C9H14BN3O2/c11-8-1-2-9(13-7-8)10-14-5-3-12-4-6-15-10/h1-2,7,12H,3-6,11H2. The van der Waals surface area contributed by atoms with Crippen LogP contribution in [0, 0.1) is 0 Å². The van der Waals surface area contributed by atoms with E-state index in [1.54, 1.807) is 12.3 Å². The predicted octanol–water partition coefficient (Wildman–Crippen LogP) is -1.00. The van der Waals surface area contributed by atoms with Crippen molar-refractivity contribution < 1.29 is 9.31 Å². The number of aromatic nitrogens is 1. The van der Waals surface area contributed by atoms with Crippen LogP contribution < -0.4 is 16.6 Å². The van der Waals surface area contributed by atoms with E-state index in [-0.39, 0.29) is 7.12 Å². The first-order valence-corrected chi connectivity index (χ1v) is 5.01. The lowest BCUT2D eigenvalue weighted by molar-refractivity contribution is 0.187. The first-order chi connectivity index (χ1) is 7.36. The third-order valence-electron chi connectivity index (χ3n) is 2.15. The molecule has 0 aromatic carbocycles. The van der Waals surface area contributed by atoms with Crippen molar-refractivity contribution >= 4 is 18.4 Å². The molecule has 6 heteroatoms. The van der Waals surface area contributed by atoms with E-state index in [4.69, 9.17) is 15.0 Å². The van der Waals surface area contributed by atoms with Gasteiger partial charge in [0.2, 0.25) is 0 Å². The van der Waals surface area contributed by atoms with Crippen LogP contribution in [0.25, 0.3) is 0 Å². The number of nitrogens with one attached hydrogen (secondary N) is 1. The monoisotopic (exact) mass is 207 g/mol. The fourth-order valence-electron chi connectivity index (χ4n) is 1.38. The maximum Gasteiger partial charge on any atom is 0.513 e. The highest BCUT2D eigenvalue weighted by molar-refractivity contribution is 6.60. The summed E-state index contributed by atoms with van der Waals surface area (Å²) < 4.78 is 11.0. The maximum atomic E-state index is 5.56. The third kappa shape index (κ3) is 2.92. The van der Waals surface area contributed by atoms with Gasteiger partial charge in [-0.15, -0.1) is 0 Å². The Hall–Kier alpha value is -1.11. The molecule has 1 saturated heterocycles. The van der Waals surface area contributed by atoms with Crippen LogP contribution in [0.3, 0.4) is 0 Å². The minimum Gasteiger partial charge on any atom is -0.405 e. The van der Waals surface area contributed by atoms with Crippen LogP contribution in [0.5, 0.6) is 0 Å². The zero-order valence-electron chi connectivity index (χ0n) is 8.48. The fraction of sp³-hybridized carbons (Fsp3) is 0.444. The van der Waals surface area contributed by atoms with E-state index in [0.717, 1.165) is 18.7 Å². The van der Waals surface area contributed by atoms with Crippen molar-refractivity contribution in [3.63, 3.8) is 0 Å². The lowest BCUT2D eigenvalue weighted by atomic mass is 9.83. The summed E-state index contributed by atoms with van der Waals surface area (Å²) in [4.78, 5) is 4.18. The van der Waals surface area contributed by atoms with Crippen LogP contribution in [0.4, 0.5) is 5.69 Å². The van der Waals surface area contributed by atoms with Gasteiger partial charge in [0, 0.05) is 38.2 Å². The first kappa shape index (κ1) is 10.4. The molecule has 0 aliphatic carbocycles. The first-order valence-electron chi connectivity index (χ1n) is 5.01. The fourth-order valence-corrected chi connectivity index (χ4v) is 1.38. The average Bonchev–Trinajstić information content (AvgIpc) is 2.19. The molecule has 15 heavy (non-hydrogen) atoms. The molecule has 1 aromatic heterocycles. The molecule has 2 heterocycles. The number of pyridine rings is 1. The van der Waals surface area contributed by atoms with Gasteiger partial charge in [-0.2, -0.15) is 0 Å². The molecule has 5 nitrogen and oxygen atoms in total. The third-order valence-corrected chi connectivity index (χ3v) is 2.15. The van der Waals surface area contributed by atoms with Gasteiger partial charge in [-0.1, -0.05) is 0 Å². The van der Waals surface area contributed by atoms with E-state index in [9.17, 15) is 0 Å². The summed E-state index contributed by atoms with van der Waals surface area (Å²) >= 11 is 0. The van der Waals surface area contributed by atoms with Crippen molar-refractivity contribution in [2.45, 2.75) is 0 Å². The van der Waals surface area contributed by atoms with Gasteiger partial charge in [-0.05, 0) is 12.1 Å². The maximum absolute atomic E-state index is 5.56. The van der Waals surface area contributed by atoms with E-state index in [2.05, 4.69) is 10.3 Å². The largest absolute Gasteiger partial charge is 0.513 e. The Balaban J connectivity index is 2.03. The highest BCUT2D eigenvalue weighted by atomic mass is 16.6. The zero-order valence-corrected chi connectivity index (χ0v) is 8.48. The molecule has 1 aliphatic rings. The lowest BCUT2D eigenvalue weighted by Gasteiger charge is -2.18. The molecule has 1 aromatic rings. The molecule has 2 rings (SSSR count). The van der Waals surface area contributed by atoms with Crippen LogP contribution in [-0.2, 0) is 9.31 Å². The van der Waals surface area contributed by atoms with Gasteiger partial charge in [0.25, 0.3) is 0 Å². The van der Waals surface area contributed by atoms with Crippen molar-refractivity contribution in [1.82, 2.24) is 10.3 Å². The highest BCUT2D eigenvalue weighted by Gasteiger charge is 2.23. The van der Waals surface area contributed by atoms with E-state index in [1.807, 2.05) is 6.07 Å². The molecule has 0 spiro atoms. The molecular formula is C9H14BN3O2. The number of anilines is 1. The minimum atomic E-state index is -0.368. The number of hydrogen-bond donors (Lipinski definition) is 2. The number of nitrogen functional groups attached to an aromatic ring is 1. The second kappa shape index (κ2) is 5.11. The molecule has 0 atom stereocenters. The normalized spacial score (nSPS) is 18.3. The van der Waals surface area contributed by atoms with Gasteiger partial charge in [-0.3, -0.25) is 4.98 Å². The molecule has 0 amide bonds. The Morgan fingerprint density at radius 1 is 1.27 bits per heavy atom. The van der Waals surface area contributed by atoms with E-state index in [0.29, 0.717) is 18.9 Å². The van der Waals surface area contributed by atoms with Crippen molar-refractivity contribution in [3.8, 4) is 0 Å². The molecule has 3 N–H and O–H groups in total. The molecule has 1 fully saturated rings. The molecule has 1 aliphatic heterocycles. The SMILES string of the molecule is Nc1ccc(B2OCCNCCO2)nc1. The lowest BCUT2D eigenvalue weighted by Crippen LogP contribution is -2.44. The second-order valence-electron chi connectivity index (χ2n) is 3.34.